The zero-order valence-corrected chi connectivity index (χ0v) is 16.0. The van der Waals surface area contributed by atoms with Gasteiger partial charge in [0.05, 0.1) is 16.8 Å². The average molecular weight is 420 g/mol. The zero-order valence-electron chi connectivity index (χ0n) is 14.5. The van der Waals surface area contributed by atoms with Crippen molar-refractivity contribution in [3.05, 3.63) is 57.6 Å². The van der Waals surface area contributed by atoms with Gasteiger partial charge in [-0.05, 0) is 24.8 Å². The Kier molecular flexibility index (Phi) is 4.64. The number of amides is 1. The van der Waals surface area contributed by atoms with E-state index in [-0.39, 0.29) is 27.0 Å². The predicted octanol–water partition coefficient (Wildman–Crippen LogP) is 3.52. The Morgan fingerprint density at radius 3 is 2.57 bits per heavy atom. The van der Waals surface area contributed by atoms with Crippen LogP contribution in [0, 0.1) is 11.1 Å². The molecule has 4 rings (SSSR count). The molecule has 3 aromatic rings. The van der Waals surface area contributed by atoms with Crippen molar-refractivity contribution in [2.24, 2.45) is 5.92 Å². The van der Waals surface area contributed by atoms with Gasteiger partial charge in [-0.2, -0.15) is 4.73 Å². The number of phenolic OH excluding ortho intramolecular Hbond substituents is 1. The lowest BCUT2D eigenvalue weighted by atomic mass is 10.1. The fraction of sp³-hybridized carbons (Fsp3) is 0.211. The first-order valence-corrected chi connectivity index (χ1v) is 9.35. The van der Waals surface area contributed by atoms with Crippen LogP contribution in [0.15, 0.2) is 36.8 Å². The number of hydrogen-bond donors (Lipinski definition) is 2. The van der Waals surface area contributed by atoms with E-state index in [1.54, 1.807) is 24.4 Å². The minimum Gasteiger partial charge on any atom is -0.619 e. The number of hydrogen-bond acceptors (Lipinski definition) is 4. The van der Waals surface area contributed by atoms with E-state index >= 15 is 0 Å². The van der Waals surface area contributed by atoms with E-state index in [4.69, 9.17) is 23.2 Å². The molecule has 0 saturated heterocycles. The minimum absolute atomic E-state index is 0.0154. The maximum atomic E-state index is 12.8. The van der Waals surface area contributed by atoms with Gasteiger partial charge in [0.1, 0.15) is 15.8 Å². The number of para-hydroxylation sites is 1. The van der Waals surface area contributed by atoms with Gasteiger partial charge in [0.25, 0.3) is 11.7 Å². The normalized spacial score (nSPS) is 13.6. The summed E-state index contributed by atoms with van der Waals surface area (Å²) in [5, 5.41) is 24.3. The summed E-state index contributed by atoms with van der Waals surface area (Å²) in [7, 11) is 0. The Morgan fingerprint density at radius 1 is 1.25 bits per heavy atom. The van der Waals surface area contributed by atoms with Gasteiger partial charge < -0.3 is 20.2 Å². The van der Waals surface area contributed by atoms with Gasteiger partial charge in [-0.1, -0.05) is 35.3 Å². The molecule has 0 spiro atoms. The molecule has 2 aromatic heterocycles. The highest BCUT2D eigenvalue weighted by Gasteiger charge is 2.27. The van der Waals surface area contributed by atoms with E-state index in [0.29, 0.717) is 28.1 Å². The molecule has 1 aliphatic rings. The molecular weight excluding hydrogens is 405 g/mol. The largest absolute Gasteiger partial charge is 0.619 e. The summed E-state index contributed by atoms with van der Waals surface area (Å²) in [5.41, 5.74) is 0.679. The molecule has 0 aliphatic heterocycles. The minimum atomic E-state index is -0.943. The van der Waals surface area contributed by atoms with E-state index in [1.807, 2.05) is 4.57 Å². The Balaban J connectivity index is 1.69. The lowest BCUT2D eigenvalue weighted by Crippen LogP contribution is -2.27. The quantitative estimate of drug-likeness (QED) is 0.286. The number of nitrogens with zero attached hydrogens (tertiary/aromatic N) is 2. The Morgan fingerprint density at radius 2 is 1.93 bits per heavy atom. The van der Waals surface area contributed by atoms with Crippen molar-refractivity contribution < 1.29 is 19.4 Å². The number of nitrogens with one attached hydrogen (secondary N) is 1. The number of carbonyl (C=O) groups excluding carboxylic acids is 2. The van der Waals surface area contributed by atoms with Crippen LogP contribution in [0.2, 0.25) is 10.0 Å². The molecule has 7 nitrogen and oxygen atoms in total. The van der Waals surface area contributed by atoms with Crippen LogP contribution in [0.25, 0.3) is 10.9 Å². The van der Waals surface area contributed by atoms with Crippen LogP contribution >= 0.6 is 23.2 Å². The molecule has 0 unspecified atom stereocenters. The van der Waals surface area contributed by atoms with E-state index in [2.05, 4.69) is 5.32 Å². The number of carbonyl (C=O) groups is 2. The van der Waals surface area contributed by atoms with Crippen LogP contribution in [0.4, 0.5) is 5.69 Å². The SMILES string of the molecule is O=C(Nc1c(Cl)c[n+]([O-])cc1Cl)C(=O)c1cn(CC2CC2)c2c(O)cccc12. The van der Waals surface area contributed by atoms with Crippen LogP contribution in [-0.4, -0.2) is 21.4 Å². The van der Waals surface area contributed by atoms with Crippen LogP contribution in [0.5, 0.6) is 5.75 Å². The van der Waals surface area contributed by atoms with Crippen LogP contribution in [0.3, 0.4) is 0 Å². The second-order valence-corrected chi connectivity index (χ2v) is 7.60. The molecule has 2 heterocycles. The number of anilines is 1. The summed E-state index contributed by atoms with van der Waals surface area (Å²) in [6.45, 7) is 0.669. The fourth-order valence-corrected chi connectivity index (χ4v) is 3.70. The maximum absolute atomic E-state index is 12.8. The number of pyridine rings is 1. The van der Waals surface area contributed by atoms with E-state index in [0.717, 1.165) is 25.2 Å². The highest BCUT2D eigenvalue weighted by Crippen LogP contribution is 2.36. The number of rotatable bonds is 5. The second-order valence-electron chi connectivity index (χ2n) is 6.78. The number of phenols is 1. The number of fused-ring (bicyclic) bond motifs is 1. The first kappa shape index (κ1) is 18.6. The van der Waals surface area contributed by atoms with Crippen LogP contribution in [0.1, 0.15) is 23.2 Å². The highest BCUT2D eigenvalue weighted by molar-refractivity contribution is 6.50. The molecule has 28 heavy (non-hydrogen) atoms. The van der Waals surface area contributed by atoms with Gasteiger partial charge in [-0.25, -0.2) is 0 Å². The predicted molar refractivity (Wildman–Crippen MR) is 105 cm³/mol. The molecule has 0 radical (unpaired) electrons. The molecule has 0 bridgehead atoms. The van der Waals surface area contributed by atoms with Gasteiger partial charge >= 0.3 is 0 Å². The van der Waals surface area contributed by atoms with Gasteiger partial charge in [0.15, 0.2) is 0 Å². The maximum Gasteiger partial charge on any atom is 0.296 e. The lowest BCUT2D eigenvalue weighted by Gasteiger charge is -2.08. The number of aromatic hydroxyl groups is 1. The number of ketones is 1. The monoisotopic (exact) mass is 419 g/mol. The van der Waals surface area contributed by atoms with Gasteiger partial charge in [0.2, 0.25) is 12.4 Å². The van der Waals surface area contributed by atoms with Gasteiger partial charge in [-0.3, -0.25) is 9.59 Å². The Labute approximate surface area is 169 Å². The smallest absolute Gasteiger partial charge is 0.296 e. The second kappa shape index (κ2) is 7.00. The first-order valence-electron chi connectivity index (χ1n) is 8.59. The number of Topliss-reactive ketones (excluding diaryl/α,β-unsaturated/α-hetero) is 1. The summed E-state index contributed by atoms with van der Waals surface area (Å²) in [6, 6.07) is 4.84. The molecule has 1 saturated carbocycles. The Hall–Kier alpha value is -2.77. The number of halogens is 2. The van der Waals surface area contributed by atoms with Crippen molar-refractivity contribution in [1.82, 2.24) is 4.57 Å². The van der Waals surface area contributed by atoms with Crippen LogP contribution < -0.4 is 10.0 Å². The topological polar surface area (TPSA) is 98.3 Å². The fourth-order valence-electron chi connectivity index (χ4n) is 3.16. The molecule has 1 fully saturated rings. The first-order chi connectivity index (χ1) is 13.3. The van der Waals surface area contributed by atoms with Gasteiger partial charge in [0, 0.05) is 18.1 Å². The van der Waals surface area contributed by atoms with E-state index < -0.39 is 11.7 Å². The van der Waals surface area contributed by atoms with Crippen molar-refractivity contribution in [3.8, 4) is 5.75 Å². The number of aromatic nitrogens is 2. The highest BCUT2D eigenvalue weighted by atomic mass is 35.5. The average Bonchev–Trinajstić information content (AvgIpc) is 3.37. The summed E-state index contributed by atoms with van der Waals surface area (Å²) in [5.74, 6) is -1.18. The third kappa shape index (κ3) is 3.39. The standard InChI is InChI=1S/C19H15Cl2N3O4/c20-13-8-24(28)9-14(21)16(13)22-19(27)18(26)12-7-23(6-10-4-5-10)17-11(12)2-1-3-15(17)25/h1-3,7-10,25H,4-6H2,(H,22,27). The third-order valence-corrected chi connectivity index (χ3v) is 5.25. The molecule has 9 heteroatoms. The summed E-state index contributed by atoms with van der Waals surface area (Å²) in [4.78, 5) is 25.4. The van der Waals surface area contributed by atoms with E-state index in [9.17, 15) is 19.9 Å². The lowest BCUT2D eigenvalue weighted by molar-refractivity contribution is -0.605. The number of benzene rings is 1. The molecule has 1 aliphatic carbocycles. The van der Waals surface area contributed by atoms with Crippen molar-refractivity contribution >= 4 is 51.5 Å². The molecule has 144 valence electrons. The van der Waals surface area contributed by atoms with Crippen molar-refractivity contribution in [1.29, 1.82) is 0 Å². The molecular formula is C19H15Cl2N3O4. The summed E-state index contributed by atoms with van der Waals surface area (Å²) in [6.07, 6.45) is 5.83. The van der Waals surface area contributed by atoms with Crippen molar-refractivity contribution in [3.63, 3.8) is 0 Å². The summed E-state index contributed by atoms with van der Waals surface area (Å²) >= 11 is 11.9. The van der Waals surface area contributed by atoms with Crippen LogP contribution in [-0.2, 0) is 11.3 Å². The van der Waals surface area contributed by atoms with Crippen molar-refractivity contribution in [2.45, 2.75) is 19.4 Å². The molecule has 2 N–H and O–H groups in total. The van der Waals surface area contributed by atoms with Gasteiger partial charge in [-0.15, -0.1) is 0 Å². The molecule has 0 atom stereocenters. The van der Waals surface area contributed by atoms with E-state index in [1.165, 1.54) is 0 Å². The molecule has 1 amide bonds. The van der Waals surface area contributed by atoms with Crippen molar-refractivity contribution in [2.75, 3.05) is 5.32 Å². The third-order valence-electron chi connectivity index (χ3n) is 4.68. The molecule has 1 aromatic carbocycles. The summed E-state index contributed by atoms with van der Waals surface area (Å²) < 4.78 is 2.21. The zero-order chi connectivity index (χ0) is 20.0. The Bertz CT molecular complexity index is 1100.